The van der Waals surface area contributed by atoms with Gasteiger partial charge in [0.25, 0.3) is 0 Å². The van der Waals surface area contributed by atoms with Crippen LogP contribution in [0.4, 0.5) is 11.4 Å². The number of nitrogen functional groups attached to an aromatic ring is 1. The molecule has 18 heteroatoms. The van der Waals surface area contributed by atoms with Crippen molar-refractivity contribution in [1.29, 1.82) is 0 Å². The van der Waals surface area contributed by atoms with E-state index < -0.39 is 6.04 Å². The van der Waals surface area contributed by atoms with Gasteiger partial charge in [0, 0.05) is 48.6 Å². The molecule has 374 valence electrons. The number of amides is 1. The molecule has 0 saturated heterocycles. The van der Waals surface area contributed by atoms with Gasteiger partial charge in [0.1, 0.15) is 36.6 Å². The average Bonchev–Trinajstić information content (AvgIpc) is 4.21. The number of aldehydes is 1. The molecule has 2 fully saturated rings. The number of aliphatic hydroxyl groups is 2. The Kier molecular flexibility index (Phi) is 31.0. The van der Waals surface area contributed by atoms with Crippen LogP contribution in [-0.2, 0) is 32.7 Å². The molecule has 0 aliphatic heterocycles. The minimum absolute atomic E-state index is 0. The minimum Gasteiger partial charge on any atom is -2.00 e. The van der Waals surface area contributed by atoms with Gasteiger partial charge in [0.05, 0.1) is 12.2 Å². The van der Waals surface area contributed by atoms with Crippen molar-refractivity contribution in [2.24, 2.45) is 23.7 Å². The van der Waals surface area contributed by atoms with E-state index in [9.17, 15) is 19.8 Å². The Morgan fingerprint density at radius 2 is 1.14 bits per heavy atom. The Morgan fingerprint density at radius 1 is 0.743 bits per heavy atom. The number of nitrogens with two attached hydrogens (primary N) is 1. The standard InChI is InChI=1S/C25H30N4O2.C19H23NO.C6H8N3O.C2H4O.I2.Li.H2O.O/c1-17(29-16-26-18(2)28-29)25(31)27-23-12-9-19(10-13-23)14-20-8-11-22(15-20)24(30)21-6-4-3-5-7-21;20-18-10-7-14(8-11-18)12-15-6-9-17(13-15)19(21)16-4-2-1-3-5-16;1-5(3-10)9-4-7-6(2)8-9;1-2-3;1-2;;;/h3-7,9-10,12-13,16-17,20,22,24,30H,8,11,14-15H2,1-2H3,(H,27,31);1-5,7-8,10-11,15,17,19,21H,6,9,12-13,20H2;4-5H,1-2H3;2H,1H3;;;1H2;/q;;-1;;;+1;;-2/p-1/t17-,20?,22-,24+;15?,17-,19+;5-;;;;;/m000...../s1. The Labute approximate surface area is 448 Å². The van der Waals surface area contributed by atoms with E-state index in [4.69, 9.17) is 10.5 Å². The summed E-state index contributed by atoms with van der Waals surface area (Å²) in [7, 11) is 0. The molecule has 4 aromatic carbocycles. The van der Waals surface area contributed by atoms with Gasteiger partial charge in [-0.1, -0.05) is 91.9 Å². The smallest absolute Gasteiger partial charge is 1.00 e. The van der Waals surface area contributed by atoms with Crippen molar-refractivity contribution in [3.8, 4) is 0 Å². The summed E-state index contributed by atoms with van der Waals surface area (Å²) in [6.45, 7) is 8.53. The van der Waals surface area contributed by atoms with Crippen LogP contribution >= 0.6 is 37.2 Å². The molecule has 2 heterocycles. The number of anilines is 2. The van der Waals surface area contributed by atoms with Gasteiger partial charge in [-0.25, -0.2) is 20.9 Å². The van der Waals surface area contributed by atoms with E-state index in [0.717, 1.165) is 73.7 Å². The topological polar surface area (TPSA) is 250 Å². The van der Waals surface area contributed by atoms with Gasteiger partial charge in [-0.3, -0.25) is 9.48 Å². The van der Waals surface area contributed by atoms with Crippen LogP contribution in [0, 0.1) is 37.5 Å². The Morgan fingerprint density at radius 3 is 1.53 bits per heavy atom. The zero-order valence-electron chi connectivity index (χ0n) is 40.9. The van der Waals surface area contributed by atoms with Gasteiger partial charge in [-0.2, -0.15) is 10.2 Å². The molecule has 6 aromatic rings. The maximum atomic E-state index is 12.5. The van der Waals surface area contributed by atoms with Crippen LogP contribution in [0.25, 0.3) is 0 Å². The first kappa shape index (κ1) is 63.7. The van der Waals surface area contributed by atoms with E-state index in [1.165, 1.54) is 35.5 Å². The van der Waals surface area contributed by atoms with Gasteiger partial charge in [0.2, 0.25) is 5.91 Å². The number of carbonyl (C=O) groups excluding carboxylic acids is 3. The normalized spacial score (nSPS) is 18.1. The van der Waals surface area contributed by atoms with Crippen molar-refractivity contribution in [2.45, 2.75) is 110 Å². The van der Waals surface area contributed by atoms with Crippen LogP contribution in [0.15, 0.2) is 122 Å². The molecule has 2 aromatic heterocycles. The number of carbonyl (C=O) groups is 2. The third-order valence-electron chi connectivity index (χ3n) is 12.2. The molecule has 2 unspecified atom stereocenters. The van der Waals surface area contributed by atoms with Gasteiger partial charge in [-0.15, -0.1) is 0 Å². The number of hydrogen-bond donors (Lipinski definition) is 4. The second kappa shape index (κ2) is 34.1. The first-order valence-corrected chi connectivity index (χ1v) is 29.0. The number of rotatable bonds is 13. The molecule has 2 aliphatic carbocycles. The first-order chi connectivity index (χ1) is 32.4. The molecule has 15 nitrogen and oxygen atoms in total. The first-order valence-electron chi connectivity index (χ1n) is 22.7. The average molecular weight is 1180 g/mol. The summed E-state index contributed by atoms with van der Waals surface area (Å²) in [4.78, 5) is 39.3. The number of aryl methyl sites for hydroxylation is 2. The van der Waals surface area contributed by atoms with Crippen LogP contribution in [0.1, 0.15) is 117 Å². The van der Waals surface area contributed by atoms with Crippen molar-refractivity contribution in [2.75, 3.05) is 11.1 Å². The van der Waals surface area contributed by atoms with Crippen molar-refractivity contribution in [1.82, 2.24) is 29.5 Å². The Hall–Kier alpha value is -4.33. The summed E-state index contributed by atoms with van der Waals surface area (Å²) in [5.74, 6) is 3.18. The summed E-state index contributed by atoms with van der Waals surface area (Å²) in [6, 6.07) is 35.5. The number of halogens is 2. The second-order valence-electron chi connectivity index (χ2n) is 17.2. The van der Waals surface area contributed by atoms with Gasteiger partial charge >= 0.3 is 18.9 Å². The molecule has 2 aliphatic rings. The number of hydrogen-bond acceptors (Lipinski definition) is 11. The molecule has 0 spiro atoms. The van der Waals surface area contributed by atoms with Gasteiger partial charge in [0.15, 0.2) is 0 Å². The minimum atomic E-state index is -0.424. The van der Waals surface area contributed by atoms with Crippen LogP contribution in [0.2, 0.25) is 0 Å². The number of aromatic nitrogens is 6. The van der Waals surface area contributed by atoms with Crippen LogP contribution in [-0.4, -0.2) is 63.7 Å². The van der Waals surface area contributed by atoms with E-state index in [-0.39, 0.29) is 54.0 Å². The van der Waals surface area contributed by atoms with Crippen molar-refractivity contribution >= 4 is 67.1 Å². The van der Waals surface area contributed by atoms with Crippen molar-refractivity contribution < 1.29 is 54.4 Å². The van der Waals surface area contributed by atoms with Crippen LogP contribution in [0.3, 0.4) is 0 Å². The summed E-state index contributed by atoms with van der Waals surface area (Å²) < 4.78 is 3.04. The van der Waals surface area contributed by atoms with Gasteiger partial charge in [-0.05, 0) is 155 Å². The fourth-order valence-corrected chi connectivity index (χ4v) is 8.58. The van der Waals surface area contributed by atoms with E-state index in [2.05, 4.69) is 87.0 Å². The van der Waals surface area contributed by atoms with E-state index >= 15 is 0 Å². The quantitative estimate of drug-likeness (QED) is 0.0292. The van der Waals surface area contributed by atoms with E-state index in [0.29, 0.717) is 35.3 Å². The maximum absolute atomic E-state index is 12.5. The van der Waals surface area contributed by atoms with Crippen LogP contribution in [0.5, 0.6) is 0 Å². The van der Waals surface area contributed by atoms with E-state index in [1.807, 2.05) is 84.9 Å². The molecule has 0 bridgehead atoms. The molecule has 8 atom stereocenters. The molecule has 0 radical (unpaired) electrons. The monoisotopic (exact) mass is 1180 g/mol. The summed E-state index contributed by atoms with van der Waals surface area (Å²) in [5, 5.41) is 32.3. The van der Waals surface area contributed by atoms with E-state index in [1.54, 1.807) is 45.0 Å². The fourth-order valence-electron chi connectivity index (χ4n) is 8.58. The second-order valence-corrected chi connectivity index (χ2v) is 17.2. The number of nitrogens with one attached hydrogen (secondary N) is 1. The third-order valence-corrected chi connectivity index (χ3v) is 12.2. The Bertz CT molecular complexity index is 2340. The largest absolute Gasteiger partial charge is 2.00 e. The maximum Gasteiger partial charge on any atom is 1.00 e. The molecule has 1 amide bonds. The number of nitrogens with zero attached hydrogens (tertiary/aromatic N) is 6. The summed E-state index contributed by atoms with van der Waals surface area (Å²) in [6.07, 6.45) is 13.7. The fraction of sp³-hybridized carbons (Fsp3) is 0.404. The predicted molar refractivity (Wildman–Crippen MR) is 285 cm³/mol. The van der Waals surface area contributed by atoms with Crippen LogP contribution < -0.4 is 29.9 Å². The SMILES string of the molecule is CC=O.Cc1ncn([C@@H](C)C(=O)Nc2ccc(CC3CC[C@H]([C@H](O)c4ccccc4)C3)cc2)n1.Cc1ncn([C@@H](C)[C-]=O)n1.II.Nc1ccc(CC2CC[C@H]([C@H](O)c3ccccc3)C2)cc1.[Li+].[O-2].[OH-]. The van der Waals surface area contributed by atoms with Crippen molar-refractivity contribution in [3.63, 3.8) is 0 Å². The zero-order valence-corrected chi connectivity index (χ0v) is 45.2. The number of aliphatic hydroxyl groups excluding tert-OH is 2. The summed E-state index contributed by atoms with van der Waals surface area (Å²) in [5.41, 5.74) is 12.0. The van der Waals surface area contributed by atoms with Gasteiger partial charge < -0.3 is 41.8 Å². The molecule has 6 N–H and O–H groups in total. The summed E-state index contributed by atoms with van der Waals surface area (Å²) >= 11 is 4.24. The Balaban J connectivity index is 0.000000543. The molecular formula is C52H66I2LiN8O7-3. The zero-order chi connectivity index (χ0) is 48.7. The number of benzene rings is 4. The molecule has 2 saturated carbocycles. The molecule has 8 rings (SSSR count). The third kappa shape index (κ3) is 20.8. The molecule has 70 heavy (non-hydrogen) atoms. The molecular weight excluding hydrogens is 1110 g/mol. The predicted octanol–water partition coefficient (Wildman–Crippen LogP) is 7.38. The van der Waals surface area contributed by atoms with Crippen molar-refractivity contribution in [3.05, 3.63) is 156 Å².